The number of aromatic nitrogens is 2. The lowest BCUT2D eigenvalue weighted by atomic mass is 9.98. The van der Waals surface area contributed by atoms with Crippen LogP contribution in [0.3, 0.4) is 0 Å². The summed E-state index contributed by atoms with van der Waals surface area (Å²) in [5.41, 5.74) is 2.04. The molecular formula is C17H19FN2O2S. The zero-order valence-electron chi connectivity index (χ0n) is 13.3. The molecule has 0 unspecified atom stereocenters. The molecule has 122 valence electrons. The second kappa shape index (κ2) is 7.55. The van der Waals surface area contributed by atoms with Gasteiger partial charge < -0.3 is 4.74 Å². The van der Waals surface area contributed by atoms with Gasteiger partial charge in [-0.2, -0.15) is 12.6 Å². The molecule has 0 aliphatic heterocycles. The van der Waals surface area contributed by atoms with Crippen LogP contribution in [0.5, 0.6) is 0 Å². The minimum atomic E-state index is -0.471. The Morgan fingerprint density at radius 2 is 1.91 bits per heavy atom. The molecule has 2 rings (SSSR count). The van der Waals surface area contributed by atoms with Crippen LogP contribution in [0.25, 0.3) is 11.3 Å². The zero-order chi connectivity index (χ0) is 17.0. The van der Waals surface area contributed by atoms with E-state index in [-0.39, 0.29) is 18.3 Å². The predicted octanol–water partition coefficient (Wildman–Crippen LogP) is 4.01. The summed E-state index contributed by atoms with van der Waals surface area (Å²) in [7, 11) is 0. The standard InChI is InChI=1S/C17H19FN2O2S/c1-4-22-17(21)14-15(10(2)3)19-13(9-23)20-16(14)11-5-7-12(18)8-6-11/h5-8,10,23H,4,9H2,1-3H3. The second-order valence-electron chi connectivity index (χ2n) is 5.29. The number of benzene rings is 1. The number of hydrogen-bond donors (Lipinski definition) is 1. The van der Waals surface area contributed by atoms with Crippen molar-refractivity contribution in [3.8, 4) is 11.3 Å². The minimum absolute atomic E-state index is 0.00948. The zero-order valence-corrected chi connectivity index (χ0v) is 14.2. The number of carbonyl (C=O) groups is 1. The van der Waals surface area contributed by atoms with E-state index in [0.717, 1.165) is 0 Å². The first-order valence-electron chi connectivity index (χ1n) is 7.42. The van der Waals surface area contributed by atoms with Crippen LogP contribution in [-0.2, 0) is 10.5 Å². The largest absolute Gasteiger partial charge is 0.462 e. The number of rotatable bonds is 5. The summed E-state index contributed by atoms with van der Waals surface area (Å²) < 4.78 is 18.4. The van der Waals surface area contributed by atoms with Crippen molar-refractivity contribution in [3.05, 3.63) is 47.2 Å². The summed E-state index contributed by atoms with van der Waals surface area (Å²) in [5.74, 6) is 0.0525. The van der Waals surface area contributed by atoms with Gasteiger partial charge in [0.25, 0.3) is 0 Å². The summed E-state index contributed by atoms with van der Waals surface area (Å²) in [6, 6.07) is 5.85. The van der Waals surface area contributed by atoms with Crippen molar-refractivity contribution in [1.29, 1.82) is 0 Å². The average Bonchev–Trinajstić information content (AvgIpc) is 2.54. The molecule has 0 saturated heterocycles. The fourth-order valence-corrected chi connectivity index (χ4v) is 2.38. The maximum absolute atomic E-state index is 13.2. The third-order valence-electron chi connectivity index (χ3n) is 3.27. The Morgan fingerprint density at radius 1 is 1.26 bits per heavy atom. The van der Waals surface area contributed by atoms with E-state index in [0.29, 0.717) is 34.1 Å². The van der Waals surface area contributed by atoms with Gasteiger partial charge in [0.05, 0.1) is 23.7 Å². The molecular weight excluding hydrogens is 315 g/mol. The molecule has 0 radical (unpaired) electrons. The summed E-state index contributed by atoms with van der Waals surface area (Å²) in [5, 5.41) is 0. The highest BCUT2D eigenvalue weighted by Gasteiger charge is 2.24. The first-order chi connectivity index (χ1) is 11.0. The van der Waals surface area contributed by atoms with Crippen LogP contribution in [0.4, 0.5) is 4.39 Å². The SMILES string of the molecule is CCOC(=O)c1c(-c2ccc(F)cc2)nc(CS)nc1C(C)C. The smallest absolute Gasteiger partial charge is 0.342 e. The highest BCUT2D eigenvalue weighted by Crippen LogP contribution is 2.29. The molecule has 0 bridgehead atoms. The van der Waals surface area contributed by atoms with Gasteiger partial charge in [-0.1, -0.05) is 13.8 Å². The molecule has 1 heterocycles. The number of halogens is 1. The van der Waals surface area contributed by atoms with Gasteiger partial charge in [-0.05, 0) is 37.1 Å². The van der Waals surface area contributed by atoms with E-state index in [4.69, 9.17) is 4.74 Å². The Labute approximate surface area is 140 Å². The molecule has 1 aromatic heterocycles. The Balaban J connectivity index is 2.72. The van der Waals surface area contributed by atoms with Crippen molar-refractivity contribution in [1.82, 2.24) is 9.97 Å². The van der Waals surface area contributed by atoms with Gasteiger partial charge in [-0.3, -0.25) is 0 Å². The highest BCUT2D eigenvalue weighted by atomic mass is 32.1. The lowest BCUT2D eigenvalue weighted by Gasteiger charge is -2.16. The molecule has 0 amide bonds. The second-order valence-corrected chi connectivity index (χ2v) is 5.61. The lowest BCUT2D eigenvalue weighted by molar-refractivity contribution is 0.0524. The monoisotopic (exact) mass is 334 g/mol. The Morgan fingerprint density at radius 3 is 2.43 bits per heavy atom. The van der Waals surface area contributed by atoms with Crippen molar-refractivity contribution in [3.63, 3.8) is 0 Å². The number of carbonyl (C=O) groups excluding carboxylic acids is 1. The molecule has 0 spiro atoms. The summed E-state index contributed by atoms with van der Waals surface area (Å²) in [6.07, 6.45) is 0. The van der Waals surface area contributed by atoms with Crippen LogP contribution in [0.2, 0.25) is 0 Å². The number of thiol groups is 1. The maximum Gasteiger partial charge on any atom is 0.342 e. The summed E-state index contributed by atoms with van der Waals surface area (Å²) in [4.78, 5) is 21.3. The van der Waals surface area contributed by atoms with E-state index in [1.165, 1.54) is 12.1 Å². The van der Waals surface area contributed by atoms with E-state index in [2.05, 4.69) is 22.6 Å². The fourth-order valence-electron chi connectivity index (χ4n) is 2.24. The van der Waals surface area contributed by atoms with Gasteiger partial charge in [0, 0.05) is 5.56 Å². The Hall–Kier alpha value is -1.95. The molecule has 0 saturated carbocycles. The quantitative estimate of drug-likeness (QED) is 0.663. The average molecular weight is 334 g/mol. The number of esters is 1. The lowest BCUT2D eigenvalue weighted by Crippen LogP contribution is -2.15. The fraction of sp³-hybridized carbons (Fsp3) is 0.353. The van der Waals surface area contributed by atoms with Crippen LogP contribution in [0.15, 0.2) is 24.3 Å². The van der Waals surface area contributed by atoms with Crippen LogP contribution in [0, 0.1) is 5.82 Å². The molecule has 2 aromatic rings. The van der Waals surface area contributed by atoms with E-state index >= 15 is 0 Å². The maximum atomic E-state index is 13.2. The molecule has 0 fully saturated rings. The van der Waals surface area contributed by atoms with Gasteiger partial charge >= 0.3 is 5.97 Å². The van der Waals surface area contributed by atoms with Crippen LogP contribution in [-0.4, -0.2) is 22.5 Å². The van der Waals surface area contributed by atoms with Crippen molar-refractivity contribution >= 4 is 18.6 Å². The molecule has 23 heavy (non-hydrogen) atoms. The van der Waals surface area contributed by atoms with Gasteiger partial charge in [0.2, 0.25) is 0 Å². The first-order valence-corrected chi connectivity index (χ1v) is 8.05. The third kappa shape index (κ3) is 3.88. The molecule has 0 aliphatic carbocycles. The van der Waals surface area contributed by atoms with E-state index in [1.54, 1.807) is 19.1 Å². The third-order valence-corrected chi connectivity index (χ3v) is 3.55. The van der Waals surface area contributed by atoms with Crippen LogP contribution in [0.1, 0.15) is 48.6 Å². The predicted molar refractivity (Wildman–Crippen MR) is 90.2 cm³/mol. The topological polar surface area (TPSA) is 52.1 Å². The number of ether oxygens (including phenoxy) is 1. The van der Waals surface area contributed by atoms with E-state index < -0.39 is 5.97 Å². The van der Waals surface area contributed by atoms with Gasteiger partial charge in [0.15, 0.2) is 0 Å². The molecule has 0 N–H and O–H groups in total. The van der Waals surface area contributed by atoms with Crippen LogP contribution >= 0.6 is 12.6 Å². The molecule has 1 aromatic carbocycles. The van der Waals surface area contributed by atoms with Crippen molar-refractivity contribution in [2.75, 3.05) is 6.61 Å². The first kappa shape index (κ1) is 17.4. The van der Waals surface area contributed by atoms with E-state index in [9.17, 15) is 9.18 Å². The van der Waals surface area contributed by atoms with Gasteiger partial charge in [-0.25, -0.2) is 19.2 Å². The Bertz CT molecular complexity index is 702. The van der Waals surface area contributed by atoms with Crippen LogP contribution < -0.4 is 0 Å². The molecule has 0 atom stereocenters. The molecule has 0 aliphatic rings. The minimum Gasteiger partial charge on any atom is -0.462 e. The van der Waals surface area contributed by atoms with Crippen molar-refractivity contribution < 1.29 is 13.9 Å². The number of nitrogens with zero attached hydrogens (tertiary/aromatic N) is 2. The van der Waals surface area contributed by atoms with Crippen molar-refractivity contribution in [2.24, 2.45) is 0 Å². The summed E-state index contributed by atoms with van der Waals surface area (Å²) in [6.45, 7) is 5.89. The normalized spacial score (nSPS) is 10.9. The molecule has 4 nitrogen and oxygen atoms in total. The number of hydrogen-bond acceptors (Lipinski definition) is 5. The van der Waals surface area contributed by atoms with Gasteiger partial charge in [0.1, 0.15) is 17.2 Å². The Kier molecular flexibility index (Phi) is 5.71. The van der Waals surface area contributed by atoms with Crippen molar-refractivity contribution in [2.45, 2.75) is 32.4 Å². The van der Waals surface area contributed by atoms with E-state index in [1.807, 2.05) is 13.8 Å². The highest BCUT2D eigenvalue weighted by molar-refractivity contribution is 7.79. The molecule has 6 heteroatoms. The van der Waals surface area contributed by atoms with Gasteiger partial charge in [-0.15, -0.1) is 0 Å². The summed E-state index contributed by atoms with van der Waals surface area (Å²) >= 11 is 4.23.